The summed E-state index contributed by atoms with van der Waals surface area (Å²) in [7, 11) is 1.37. The standard InChI is InChI=1S/C9H13NO4/c1-13-8(11)6-3-2-4-10-7(6)5-14-9(10)12/h6-7H,2-5H2,1H3. The van der Waals surface area contributed by atoms with E-state index in [-0.39, 0.29) is 24.0 Å². The molecule has 0 aliphatic carbocycles. The molecule has 2 heterocycles. The minimum absolute atomic E-state index is 0.108. The fourth-order valence-corrected chi connectivity index (χ4v) is 2.16. The van der Waals surface area contributed by atoms with E-state index in [0.717, 1.165) is 12.8 Å². The summed E-state index contributed by atoms with van der Waals surface area (Å²) in [5.74, 6) is -0.446. The van der Waals surface area contributed by atoms with Crippen molar-refractivity contribution in [2.45, 2.75) is 18.9 Å². The summed E-state index contributed by atoms with van der Waals surface area (Å²) in [5.41, 5.74) is 0. The lowest BCUT2D eigenvalue weighted by Gasteiger charge is -2.32. The Balaban J connectivity index is 2.12. The van der Waals surface area contributed by atoms with Crippen molar-refractivity contribution in [3.05, 3.63) is 0 Å². The van der Waals surface area contributed by atoms with Crippen LogP contribution in [0.2, 0.25) is 0 Å². The molecule has 78 valence electrons. The Kier molecular flexibility index (Phi) is 2.31. The first-order valence-electron chi connectivity index (χ1n) is 4.75. The number of rotatable bonds is 1. The topological polar surface area (TPSA) is 55.8 Å². The van der Waals surface area contributed by atoms with E-state index in [1.54, 1.807) is 4.90 Å². The van der Waals surface area contributed by atoms with Gasteiger partial charge < -0.3 is 14.4 Å². The van der Waals surface area contributed by atoms with Gasteiger partial charge in [-0.1, -0.05) is 0 Å². The molecule has 2 aliphatic heterocycles. The Bertz CT molecular complexity index is 266. The summed E-state index contributed by atoms with van der Waals surface area (Å²) in [6, 6.07) is -0.108. The molecule has 2 rings (SSSR count). The molecule has 2 atom stereocenters. The first-order valence-corrected chi connectivity index (χ1v) is 4.75. The fourth-order valence-electron chi connectivity index (χ4n) is 2.16. The number of hydrogen-bond donors (Lipinski definition) is 0. The minimum atomic E-state index is -0.302. The molecule has 0 bridgehead atoms. The van der Waals surface area contributed by atoms with Crippen LogP contribution < -0.4 is 0 Å². The van der Waals surface area contributed by atoms with Gasteiger partial charge in [0, 0.05) is 6.54 Å². The molecule has 2 fully saturated rings. The predicted molar refractivity (Wildman–Crippen MR) is 46.6 cm³/mol. The molecule has 0 spiro atoms. The van der Waals surface area contributed by atoms with Crippen molar-refractivity contribution in [3.63, 3.8) is 0 Å². The number of nitrogens with zero attached hydrogens (tertiary/aromatic N) is 1. The third-order valence-electron chi connectivity index (χ3n) is 2.89. The minimum Gasteiger partial charge on any atom is -0.469 e. The number of amides is 1. The van der Waals surface area contributed by atoms with Gasteiger partial charge >= 0.3 is 12.1 Å². The molecule has 0 aromatic heterocycles. The maximum Gasteiger partial charge on any atom is 0.410 e. The number of ether oxygens (including phenoxy) is 2. The second-order valence-electron chi connectivity index (χ2n) is 3.61. The summed E-state index contributed by atoms with van der Waals surface area (Å²) in [5, 5.41) is 0. The number of cyclic esters (lactones) is 1. The van der Waals surface area contributed by atoms with E-state index in [4.69, 9.17) is 9.47 Å². The van der Waals surface area contributed by atoms with Crippen LogP contribution in [0.15, 0.2) is 0 Å². The average molecular weight is 199 g/mol. The van der Waals surface area contributed by atoms with E-state index >= 15 is 0 Å². The first-order chi connectivity index (χ1) is 6.74. The molecule has 5 nitrogen and oxygen atoms in total. The Morgan fingerprint density at radius 1 is 1.64 bits per heavy atom. The van der Waals surface area contributed by atoms with Gasteiger partial charge in [0.1, 0.15) is 6.61 Å². The smallest absolute Gasteiger partial charge is 0.410 e. The van der Waals surface area contributed by atoms with Crippen molar-refractivity contribution < 1.29 is 19.1 Å². The fraction of sp³-hybridized carbons (Fsp3) is 0.778. The molecule has 0 radical (unpaired) electrons. The van der Waals surface area contributed by atoms with Gasteiger partial charge in [-0.2, -0.15) is 0 Å². The predicted octanol–water partition coefficient (Wildman–Crippen LogP) is 0.390. The Labute approximate surface area is 82.0 Å². The molecule has 2 aliphatic rings. The van der Waals surface area contributed by atoms with Crippen LogP contribution in [-0.4, -0.2) is 43.3 Å². The third kappa shape index (κ3) is 1.32. The van der Waals surface area contributed by atoms with Crippen LogP contribution in [0.25, 0.3) is 0 Å². The zero-order valence-corrected chi connectivity index (χ0v) is 8.06. The van der Waals surface area contributed by atoms with Crippen LogP contribution in [0.4, 0.5) is 4.79 Å². The lowest BCUT2D eigenvalue weighted by atomic mass is 9.90. The van der Waals surface area contributed by atoms with Crippen LogP contribution in [0.5, 0.6) is 0 Å². The zero-order chi connectivity index (χ0) is 10.1. The van der Waals surface area contributed by atoms with E-state index in [1.807, 2.05) is 0 Å². The molecule has 1 amide bonds. The maximum atomic E-state index is 11.4. The molecule has 5 heteroatoms. The number of fused-ring (bicyclic) bond motifs is 1. The number of carbonyl (C=O) groups is 2. The summed E-state index contributed by atoms with van der Waals surface area (Å²) in [6.45, 7) is 1.01. The van der Waals surface area contributed by atoms with Gasteiger partial charge in [-0.15, -0.1) is 0 Å². The third-order valence-corrected chi connectivity index (χ3v) is 2.89. The molecule has 0 N–H and O–H groups in total. The molecule has 14 heavy (non-hydrogen) atoms. The molecule has 0 aromatic carbocycles. The van der Waals surface area contributed by atoms with Crippen LogP contribution in [0.3, 0.4) is 0 Å². The van der Waals surface area contributed by atoms with Crippen molar-refractivity contribution >= 4 is 12.1 Å². The first kappa shape index (κ1) is 9.30. The van der Waals surface area contributed by atoms with E-state index in [0.29, 0.717) is 13.2 Å². The quantitative estimate of drug-likeness (QED) is 0.573. The van der Waals surface area contributed by atoms with E-state index < -0.39 is 0 Å². The van der Waals surface area contributed by atoms with Gasteiger partial charge in [0.15, 0.2) is 0 Å². The summed E-state index contributed by atoms with van der Waals surface area (Å²) in [4.78, 5) is 24.2. The summed E-state index contributed by atoms with van der Waals surface area (Å²) < 4.78 is 9.60. The Morgan fingerprint density at radius 3 is 3.14 bits per heavy atom. The monoisotopic (exact) mass is 199 g/mol. The molecule has 2 saturated heterocycles. The van der Waals surface area contributed by atoms with Gasteiger partial charge in [0.25, 0.3) is 0 Å². The Hall–Kier alpha value is -1.26. The van der Waals surface area contributed by atoms with Crippen LogP contribution >= 0.6 is 0 Å². The normalized spacial score (nSPS) is 30.9. The highest BCUT2D eigenvalue weighted by molar-refractivity contribution is 5.77. The zero-order valence-electron chi connectivity index (χ0n) is 8.06. The molecular weight excluding hydrogens is 186 g/mol. The number of piperidine rings is 1. The summed E-state index contributed by atoms with van der Waals surface area (Å²) >= 11 is 0. The Morgan fingerprint density at radius 2 is 2.43 bits per heavy atom. The van der Waals surface area contributed by atoms with Crippen LogP contribution in [-0.2, 0) is 14.3 Å². The highest BCUT2D eigenvalue weighted by Gasteiger charge is 2.44. The van der Waals surface area contributed by atoms with Gasteiger partial charge in [-0.3, -0.25) is 4.79 Å². The highest BCUT2D eigenvalue weighted by Crippen LogP contribution is 2.29. The molecule has 0 saturated carbocycles. The van der Waals surface area contributed by atoms with Crippen molar-refractivity contribution in [1.29, 1.82) is 0 Å². The average Bonchev–Trinajstić information content (AvgIpc) is 2.59. The second kappa shape index (κ2) is 3.48. The molecular formula is C9H13NO4. The van der Waals surface area contributed by atoms with Crippen molar-refractivity contribution in [2.24, 2.45) is 5.92 Å². The van der Waals surface area contributed by atoms with Gasteiger partial charge in [0.2, 0.25) is 0 Å². The number of hydrogen-bond acceptors (Lipinski definition) is 4. The SMILES string of the molecule is COC(=O)C1CCCN2C(=O)OCC12. The van der Waals surface area contributed by atoms with Crippen molar-refractivity contribution in [1.82, 2.24) is 4.90 Å². The maximum absolute atomic E-state index is 11.4. The van der Waals surface area contributed by atoms with E-state index in [2.05, 4.69) is 0 Å². The molecule has 0 aromatic rings. The largest absolute Gasteiger partial charge is 0.469 e. The number of carbonyl (C=O) groups excluding carboxylic acids is 2. The van der Waals surface area contributed by atoms with Crippen molar-refractivity contribution in [2.75, 3.05) is 20.3 Å². The highest BCUT2D eigenvalue weighted by atomic mass is 16.6. The summed E-state index contributed by atoms with van der Waals surface area (Å²) in [6.07, 6.45) is 1.32. The van der Waals surface area contributed by atoms with E-state index in [1.165, 1.54) is 7.11 Å². The number of esters is 1. The van der Waals surface area contributed by atoms with Crippen LogP contribution in [0.1, 0.15) is 12.8 Å². The second-order valence-corrected chi connectivity index (χ2v) is 3.61. The van der Waals surface area contributed by atoms with Gasteiger partial charge in [-0.25, -0.2) is 4.79 Å². The lowest BCUT2D eigenvalue weighted by Crippen LogP contribution is -2.46. The molecule has 2 unspecified atom stereocenters. The number of methoxy groups -OCH3 is 1. The van der Waals surface area contributed by atoms with Crippen LogP contribution in [0, 0.1) is 5.92 Å². The van der Waals surface area contributed by atoms with E-state index in [9.17, 15) is 9.59 Å². The van der Waals surface area contributed by atoms with Gasteiger partial charge in [-0.05, 0) is 12.8 Å². The van der Waals surface area contributed by atoms with Gasteiger partial charge in [0.05, 0.1) is 19.1 Å². The van der Waals surface area contributed by atoms with Crippen molar-refractivity contribution in [3.8, 4) is 0 Å². The lowest BCUT2D eigenvalue weighted by molar-refractivity contribution is -0.148.